The van der Waals surface area contributed by atoms with Crippen LogP contribution in [0.4, 0.5) is 14.4 Å². The molecule has 0 radical (unpaired) electrons. The lowest BCUT2D eigenvalue weighted by molar-refractivity contribution is -0.0897. The van der Waals surface area contributed by atoms with Crippen LogP contribution in [-0.4, -0.2) is 55.3 Å². The molecule has 0 aliphatic carbocycles. The minimum atomic E-state index is -1.14. The molecule has 0 unspecified atom stereocenters. The highest BCUT2D eigenvalue weighted by Crippen LogP contribution is 2.30. The summed E-state index contributed by atoms with van der Waals surface area (Å²) in [5.41, 5.74) is 4.26. The quantitative estimate of drug-likeness (QED) is 0.0753. The minimum Gasteiger partial charge on any atom is -0.444 e. The number of hydrogen-bond acceptors (Lipinski definition) is 10. The maximum Gasteiger partial charge on any atom is 0.415 e. The molecule has 57 heavy (non-hydrogen) atoms. The van der Waals surface area contributed by atoms with Crippen molar-refractivity contribution in [1.82, 2.24) is 16.0 Å². The van der Waals surface area contributed by atoms with Gasteiger partial charge in [0.05, 0.1) is 26.4 Å². The van der Waals surface area contributed by atoms with Crippen molar-refractivity contribution in [3.8, 4) is 0 Å². The largest absolute Gasteiger partial charge is 0.444 e. The second-order valence-corrected chi connectivity index (χ2v) is 12.9. The molecule has 1 heterocycles. The van der Waals surface area contributed by atoms with Gasteiger partial charge in [-0.2, -0.15) is 0 Å². The normalized spacial score (nSPS) is 17.6. The SMILES string of the molecule is O=C(NC(=O)OCc1ccccc1)NC(=N[C@@H]1O[C@H](COCc2ccccc2)[C@@H](OCc2ccccc2)[C@H]1OCc1ccccc1)NC(=O)OCc1ccccc1. The van der Waals surface area contributed by atoms with Gasteiger partial charge in [0.1, 0.15) is 31.5 Å². The lowest BCUT2D eigenvalue weighted by atomic mass is 10.1. The fourth-order valence-corrected chi connectivity index (χ4v) is 5.80. The molecule has 13 nitrogen and oxygen atoms in total. The summed E-state index contributed by atoms with van der Waals surface area (Å²) in [6.07, 6.45) is -5.37. The summed E-state index contributed by atoms with van der Waals surface area (Å²) in [4.78, 5) is 43.5. The Labute approximate surface area is 330 Å². The van der Waals surface area contributed by atoms with Crippen LogP contribution in [0.2, 0.25) is 0 Å². The van der Waals surface area contributed by atoms with E-state index in [1.807, 2.05) is 115 Å². The van der Waals surface area contributed by atoms with Gasteiger partial charge in [0.2, 0.25) is 5.96 Å². The Morgan fingerprint density at radius 2 is 0.895 bits per heavy atom. The van der Waals surface area contributed by atoms with Crippen molar-refractivity contribution in [2.75, 3.05) is 6.61 Å². The molecule has 0 saturated carbocycles. The Morgan fingerprint density at radius 3 is 1.37 bits per heavy atom. The van der Waals surface area contributed by atoms with Crippen LogP contribution in [0.5, 0.6) is 0 Å². The van der Waals surface area contributed by atoms with Crippen molar-refractivity contribution < 1.29 is 42.8 Å². The molecule has 0 spiro atoms. The van der Waals surface area contributed by atoms with Gasteiger partial charge in [-0.3, -0.25) is 10.6 Å². The van der Waals surface area contributed by atoms with E-state index in [1.165, 1.54) is 0 Å². The van der Waals surface area contributed by atoms with Gasteiger partial charge in [-0.25, -0.2) is 24.7 Å². The van der Waals surface area contributed by atoms with Crippen molar-refractivity contribution in [2.24, 2.45) is 4.99 Å². The van der Waals surface area contributed by atoms with Gasteiger partial charge in [0, 0.05) is 0 Å². The molecule has 4 atom stereocenters. The molecule has 4 amide bonds. The highest BCUT2D eigenvalue weighted by atomic mass is 16.6. The molecule has 1 aliphatic rings. The Hall–Kier alpha value is -6.38. The lowest BCUT2D eigenvalue weighted by Crippen LogP contribution is -2.50. The average Bonchev–Trinajstić information content (AvgIpc) is 3.57. The van der Waals surface area contributed by atoms with Crippen LogP contribution in [-0.2, 0) is 61.5 Å². The minimum absolute atomic E-state index is 0.0586. The average molecular weight is 773 g/mol. The highest BCUT2D eigenvalue weighted by molar-refractivity contribution is 6.05. The van der Waals surface area contributed by atoms with Crippen molar-refractivity contribution in [2.45, 2.75) is 57.6 Å². The number of hydrogen-bond donors (Lipinski definition) is 3. The van der Waals surface area contributed by atoms with Crippen molar-refractivity contribution in [3.63, 3.8) is 0 Å². The van der Waals surface area contributed by atoms with Crippen LogP contribution in [0.3, 0.4) is 0 Å². The van der Waals surface area contributed by atoms with Crippen LogP contribution in [0.25, 0.3) is 0 Å². The summed E-state index contributed by atoms with van der Waals surface area (Å²) in [6, 6.07) is 45.9. The summed E-state index contributed by atoms with van der Waals surface area (Å²) in [5.74, 6) is -0.382. The van der Waals surface area contributed by atoms with Gasteiger partial charge < -0.3 is 28.4 Å². The maximum atomic E-state index is 13.2. The molecule has 294 valence electrons. The fourth-order valence-electron chi connectivity index (χ4n) is 5.80. The standard InChI is InChI=1S/C44H44N4O9/c49-42(48-44(51)56-30-36-24-14-5-15-25-36)46-41(47-43(50)55-29-35-22-12-4-13-23-35)45-40-39(54-28-34-20-10-3-11-21-34)38(53-27-33-18-8-2-9-19-33)37(57-40)31-52-26-32-16-6-1-7-17-32/h1-25,37-40H,26-31H2,(H3,45,46,47,48,49,50,51)/t37-,38-,39-,40-/m1/s1. The first-order valence-electron chi connectivity index (χ1n) is 18.4. The van der Waals surface area contributed by atoms with Crippen LogP contribution in [0.15, 0.2) is 157 Å². The van der Waals surface area contributed by atoms with Gasteiger partial charge in [-0.05, 0) is 27.8 Å². The number of ether oxygens (including phenoxy) is 6. The number of rotatable bonds is 15. The first-order chi connectivity index (χ1) is 28.0. The summed E-state index contributed by atoms with van der Waals surface area (Å²) in [7, 11) is 0. The van der Waals surface area contributed by atoms with Gasteiger partial charge in [-0.1, -0.05) is 152 Å². The van der Waals surface area contributed by atoms with Gasteiger partial charge in [0.25, 0.3) is 0 Å². The Morgan fingerprint density at radius 1 is 0.491 bits per heavy atom. The molecule has 3 N–H and O–H groups in total. The van der Waals surface area contributed by atoms with E-state index >= 15 is 0 Å². The number of carbonyl (C=O) groups excluding carboxylic acids is 3. The monoisotopic (exact) mass is 772 g/mol. The number of alkyl carbamates (subject to hydrolysis) is 2. The molecule has 13 heteroatoms. The van der Waals surface area contributed by atoms with Crippen molar-refractivity contribution in [1.29, 1.82) is 0 Å². The Kier molecular flexibility index (Phi) is 15.3. The highest BCUT2D eigenvalue weighted by Gasteiger charge is 2.47. The smallest absolute Gasteiger partial charge is 0.415 e. The van der Waals surface area contributed by atoms with E-state index in [0.717, 1.165) is 27.8 Å². The lowest BCUT2D eigenvalue weighted by Gasteiger charge is -2.24. The van der Waals surface area contributed by atoms with Crippen molar-refractivity contribution in [3.05, 3.63) is 179 Å². The predicted molar refractivity (Wildman–Crippen MR) is 210 cm³/mol. The van der Waals surface area contributed by atoms with E-state index in [0.29, 0.717) is 6.61 Å². The van der Waals surface area contributed by atoms with E-state index in [1.54, 1.807) is 36.4 Å². The number of aliphatic imine (C=N–C) groups is 1. The number of guanidine groups is 1. The predicted octanol–water partition coefficient (Wildman–Crippen LogP) is 7.02. The second-order valence-electron chi connectivity index (χ2n) is 12.9. The number of amides is 4. The van der Waals surface area contributed by atoms with Crippen molar-refractivity contribution >= 4 is 24.2 Å². The maximum absolute atomic E-state index is 13.2. The molecule has 5 aromatic rings. The van der Waals surface area contributed by atoms with Crippen LogP contribution < -0.4 is 16.0 Å². The number of carbonyl (C=O) groups is 3. The molecule has 1 saturated heterocycles. The summed E-state index contributed by atoms with van der Waals surface area (Å²) >= 11 is 0. The molecular weight excluding hydrogens is 729 g/mol. The first-order valence-corrected chi connectivity index (χ1v) is 18.4. The molecule has 0 aromatic heterocycles. The third-order valence-electron chi connectivity index (χ3n) is 8.60. The fraction of sp³-hybridized carbons (Fsp3) is 0.227. The number of nitrogens with one attached hydrogen (secondary N) is 3. The zero-order valence-corrected chi connectivity index (χ0v) is 31.1. The second kappa shape index (κ2) is 21.6. The van der Waals surface area contributed by atoms with E-state index in [9.17, 15) is 14.4 Å². The zero-order chi connectivity index (χ0) is 39.5. The third kappa shape index (κ3) is 13.4. The number of benzene rings is 5. The number of urea groups is 1. The first kappa shape index (κ1) is 40.3. The molecule has 1 aliphatic heterocycles. The van der Waals surface area contributed by atoms with E-state index in [2.05, 4.69) is 20.9 Å². The third-order valence-corrected chi connectivity index (χ3v) is 8.60. The summed E-state index contributed by atoms with van der Waals surface area (Å²) in [6.45, 7) is 0.698. The molecular formula is C44H44N4O9. The Bertz CT molecular complexity index is 2010. The molecule has 0 bridgehead atoms. The summed E-state index contributed by atoms with van der Waals surface area (Å²) < 4.78 is 36.2. The van der Waals surface area contributed by atoms with Crippen LogP contribution >= 0.6 is 0 Å². The van der Waals surface area contributed by atoms with Crippen LogP contribution in [0.1, 0.15) is 27.8 Å². The topological polar surface area (TPSA) is 155 Å². The molecule has 5 aromatic carbocycles. The van der Waals surface area contributed by atoms with Gasteiger partial charge >= 0.3 is 18.2 Å². The Balaban J connectivity index is 1.24. The van der Waals surface area contributed by atoms with Crippen LogP contribution in [0, 0.1) is 0 Å². The van der Waals surface area contributed by atoms with E-state index in [-0.39, 0.29) is 39.0 Å². The van der Waals surface area contributed by atoms with Gasteiger partial charge in [-0.15, -0.1) is 0 Å². The molecule has 6 rings (SSSR count). The van der Waals surface area contributed by atoms with E-state index < -0.39 is 42.8 Å². The molecule has 1 fully saturated rings. The summed E-state index contributed by atoms with van der Waals surface area (Å²) in [5, 5.41) is 7.00. The van der Waals surface area contributed by atoms with Gasteiger partial charge in [0.15, 0.2) is 6.23 Å². The number of imide groups is 1. The van der Waals surface area contributed by atoms with E-state index in [4.69, 9.17) is 28.4 Å². The number of nitrogens with zero attached hydrogens (tertiary/aromatic N) is 1. The zero-order valence-electron chi connectivity index (χ0n) is 31.1.